The van der Waals surface area contributed by atoms with E-state index in [-0.39, 0.29) is 17.9 Å². The normalized spacial score (nSPS) is 26.0. The van der Waals surface area contributed by atoms with E-state index < -0.39 is 29.3 Å². The highest BCUT2D eigenvalue weighted by Crippen LogP contribution is 2.50. The number of carbonyl (C=O) groups excluding carboxylic acids is 2. The van der Waals surface area contributed by atoms with Crippen LogP contribution in [0.5, 0.6) is 0 Å². The van der Waals surface area contributed by atoms with Crippen LogP contribution in [0.2, 0.25) is 0 Å². The van der Waals surface area contributed by atoms with Crippen molar-refractivity contribution in [2.75, 3.05) is 4.90 Å². The van der Waals surface area contributed by atoms with Crippen molar-refractivity contribution in [1.82, 2.24) is 20.2 Å². The molecule has 0 saturated carbocycles. The number of anilines is 1. The van der Waals surface area contributed by atoms with E-state index in [1.165, 1.54) is 4.57 Å². The van der Waals surface area contributed by atoms with Crippen molar-refractivity contribution in [1.29, 1.82) is 0 Å². The van der Waals surface area contributed by atoms with Gasteiger partial charge in [0.15, 0.2) is 5.82 Å². The lowest BCUT2D eigenvalue weighted by molar-refractivity contribution is -0.126. The summed E-state index contributed by atoms with van der Waals surface area (Å²) in [7, 11) is 0. The molecular weight excluding hydrogens is 458 g/mol. The van der Waals surface area contributed by atoms with Crippen molar-refractivity contribution >= 4 is 34.1 Å². The number of amides is 2. The Balaban J connectivity index is 1.56. The zero-order valence-electron chi connectivity index (χ0n) is 20.5. The van der Waals surface area contributed by atoms with Crippen molar-refractivity contribution in [3.05, 3.63) is 75.8 Å². The zero-order valence-corrected chi connectivity index (χ0v) is 20.5. The maximum Gasteiger partial charge on any atom is 0.262 e. The molecule has 184 valence electrons. The molecule has 2 amide bonds. The second-order valence-electron chi connectivity index (χ2n) is 10.5. The lowest BCUT2D eigenvalue weighted by Crippen LogP contribution is -2.54. The molecule has 6 rings (SSSR count). The van der Waals surface area contributed by atoms with Gasteiger partial charge in [0.25, 0.3) is 5.56 Å². The molecule has 1 aromatic heterocycles. The topological polar surface area (TPSA) is 117 Å². The number of para-hydroxylation sites is 2. The van der Waals surface area contributed by atoms with E-state index in [0.29, 0.717) is 33.7 Å². The highest BCUT2D eigenvalue weighted by atomic mass is 16.3. The Bertz CT molecular complexity index is 1570. The lowest BCUT2D eigenvalue weighted by atomic mass is 9.85. The van der Waals surface area contributed by atoms with E-state index in [1.807, 2.05) is 26.0 Å². The smallest absolute Gasteiger partial charge is 0.262 e. The minimum absolute atomic E-state index is 0.129. The van der Waals surface area contributed by atoms with Crippen LogP contribution in [0.25, 0.3) is 16.6 Å². The van der Waals surface area contributed by atoms with Crippen LogP contribution < -0.4 is 21.1 Å². The molecular formula is C27H27N5O4. The maximum absolute atomic E-state index is 13.8. The first-order valence-electron chi connectivity index (χ1n) is 12.0. The number of rotatable bonds is 2. The van der Waals surface area contributed by atoms with Gasteiger partial charge in [-0.1, -0.05) is 30.3 Å². The molecule has 0 unspecified atom stereocenters. The van der Waals surface area contributed by atoms with Crippen LogP contribution >= 0.6 is 0 Å². The van der Waals surface area contributed by atoms with Crippen molar-refractivity contribution in [3.63, 3.8) is 0 Å². The molecule has 3 N–H and O–H groups in total. The molecule has 0 bridgehead atoms. The zero-order chi connectivity index (χ0) is 25.6. The van der Waals surface area contributed by atoms with Gasteiger partial charge in [-0.05, 0) is 51.5 Å². The minimum Gasteiger partial charge on any atom is -0.381 e. The van der Waals surface area contributed by atoms with Gasteiger partial charge >= 0.3 is 0 Å². The standard InChI is InChI=1S/C27H27N5O4/c1-14(2)20-21-28-17-11-7-5-9-15(17)23(34)31(21)19(22(33)29-20)13-27(36)16-10-6-8-12-18(16)32-24(27)30-26(3,4)25(32)35/h5-12,19,24,30,36H,13H2,1-4H3,(H,29,33)/t19-,24-,27-/m0/s1. The molecule has 1 saturated heterocycles. The van der Waals surface area contributed by atoms with Gasteiger partial charge in [-0.15, -0.1) is 0 Å². The summed E-state index contributed by atoms with van der Waals surface area (Å²) in [6, 6.07) is 13.1. The third kappa shape index (κ3) is 2.90. The molecule has 1 fully saturated rings. The molecule has 3 aliphatic rings. The van der Waals surface area contributed by atoms with Crippen LogP contribution in [0.4, 0.5) is 5.69 Å². The molecule has 9 nitrogen and oxygen atoms in total. The van der Waals surface area contributed by atoms with Crippen LogP contribution in [0.1, 0.15) is 51.5 Å². The van der Waals surface area contributed by atoms with Crippen LogP contribution in [0.15, 0.2) is 58.9 Å². The third-order valence-corrected chi connectivity index (χ3v) is 7.49. The Hall–Kier alpha value is -3.82. The molecule has 2 aromatic carbocycles. The first-order valence-corrected chi connectivity index (χ1v) is 12.0. The van der Waals surface area contributed by atoms with Gasteiger partial charge in [0.1, 0.15) is 17.8 Å². The molecule has 3 aromatic rings. The summed E-state index contributed by atoms with van der Waals surface area (Å²) in [6.45, 7) is 7.22. The van der Waals surface area contributed by atoms with Crippen molar-refractivity contribution in [2.24, 2.45) is 0 Å². The SMILES string of the molecule is CC(C)=C1NC(=O)[C@H](C[C@]2(O)c3ccccc3N3C(=O)C(C)(C)N[C@@H]32)n2c1nc1ccccc1c2=O. The summed E-state index contributed by atoms with van der Waals surface area (Å²) in [5.41, 5.74) is 0.0674. The quantitative estimate of drug-likeness (QED) is 0.512. The third-order valence-electron chi connectivity index (χ3n) is 7.49. The Morgan fingerprint density at radius 1 is 1.06 bits per heavy atom. The molecule has 36 heavy (non-hydrogen) atoms. The van der Waals surface area contributed by atoms with E-state index in [0.717, 1.165) is 5.57 Å². The Labute approximate surface area is 207 Å². The van der Waals surface area contributed by atoms with Gasteiger partial charge < -0.3 is 10.4 Å². The molecule has 0 spiro atoms. The number of hydrogen-bond acceptors (Lipinski definition) is 6. The maximum atomic E-state index is 13.8. The summed E-state index contributed by atoms with van der Waals surface area (Å²) in [6.07, 6.45) is -0.918. The number of benzene rings is 2. The van der Waals surface area contributed by atoms with E-state index >= 15 is 0 Å². The number of carbonyl (C=O) groups is 2. The van der Waals surface area contributed by atoms with Gasteiger partial charge in [-0.3, -0.25) is 29.2 Å². The van der Waals surface area contributed by atoms with Crippen molar-refractivity contribution in [3.8, 4) is 0 Å². The van der Waals surface area contributed by atoms with Gasteiger partial charge in [-0.2, -0.15) is 0 Å². The van der Waals surface area contributed by atoms with E-state index in [9.17, 15) is 19.5 Å². The number of allylic oxidation sites excluding steroid dienone is 1. The van der Waals surface area contributed by atoms with Crippen LogP contribution in [-0.2, 0) is 15.2 Å². The number of nitrogens with one attached hydrogen (secondary N) is 2. The second kappa shape index (κ2) is 7.35. The van der Waals surface area contributed by atoms with Gasteiger partial charge in [0, 0.05) is 12.0 Å². The van der Waals surface area contributed by atoms with Gasteiger partial charge in [0.2, 0.25) is 11.8 Å². The molecule has 0 radical (unpaired) electrons. The second-order valence-corrected chi connectivity index (χ2v) is 10.5. The molecule has 3 aliphatic heterocycles. The minimum atomic E-state index is -1.63. The molecule has 3 atom stereocenters. The Kier molecular flexibility index (Phi) is 4.62. The molecule has 9 heteroatoms. The Morgan fingerprint density at radius 3 is 2.50 bits per heavy atom. The fourth-order valence-corrected chi connectivity index (χ4v) is 5.71. The lowest BCUT2D eigenvalue weighted by Gasteiger charge is -2.37. The largest absolute Gasteiger partial charge is 0.381 e. The highest BCUT2D eigenvalue weighted by Gasteiger charge is 2.61. The van der Waals surface area contributed by atoms with Crippen molar-refractivity contribution < 1.29 is 14.7 Å². The van der Waals surface area contributed by atoms with Crippen molar-refractivity contribution in [2.45, 2.75) is 57.5 Å². The predicted octanol–water partition coefficient (Wildman–Crippen LogP) is 2.15. The van der Waals surface area contributed by atoms with E-state index in [4.69, 9.17) is 4.98 Å². The monoisotopic (exact) mass is 485 g/mol. The number of aliphatic hydroxyl groups is 1. The first-order chi connectivity index (χ1) is 17.0. The number of nitrogens with zero attached hydrogens (tertiary/aromatic N) is 3. The summed E-state index contributed by atoms with van der Waals surface area (Å²) in [4.78, 5) is 46.8. The number of aromatic nitrogens is 2. The summed E-state index contributed by atoms with van der Waals surface area (Å²) >= 11 is 0. The van der Waals surface area contributed by atoms with Gasteiger partial charge in [0.05, 0.1) is 27.8 Å². The molecule has 4 heterocycles. The van der Waals surface area contributed by atoms with Crippen LogP contribution in [0, 0.1) is 0 Å². The van der Waals surface area contributed by atoms with Crippen LogP contribution in [0.3, 0.4) is 0 Å². The number of hydrogen-bond donors (Lipinski definition) is 3. The summed E-state index contributed by atoms with van der Waals surface area (Å²) in [5, 5.41) is 18.8. The first kappa shape index (κ1) is 22.6. The summed E-state index contributed by atoms with van der Waals surface area (Å²) in [5.74, 6) is -0.224. The predicted molar refractivity (Wildman–Crippen MR) is 135 cm³/mol. The van der Waals surface area contributed by atoms with Gasteiger partial charge in [-0.25, -0.2) is 4.98 Å². The van der Waals surface area contributed by atoms with E-state index in [2.05, 4.69) is 10.6 Å². The fraction of sp³-hybridized carbons (Fsp3) is 0.333. The Morgan fingerprint density at radius 2 is 1.75 bits per heavy atom. The number of fused-ring (bicyclic) bond motifs is 5. The van der Waals surface area contributed by atoms with Crippen LogP contribution in [-0.4, -0.2) is 38.2 Å². The molecule has 0 aliphatic carbocycles. The highest BCUT2D eigenvalue weighted by molar-refractivity contribution is 6.05. The average molecular weight is 486 g/mol. The average Bonchev–Trinajstić information content (AvgIpc) is 3.23. The fourth-order valence-electron chi connectivity index (χ4n) is 5.71. The van der Waals surface area contributed by atoms with E-state index in [1.54, 1.807) is 55.1 Å². The summed E-state index contributed by atoms with van der Waals surface area (Å²) < 4.78 is 1.40.